The van der Waals surface area contributed by atoms with Gasteiger partial charge >= 0.3 is 12.3 Å². The fourth-order valence-corrected chi connectivity index (χ4v) is 4.54. The number of nitrogens with zero attached hydrogens (tertiary/aromatic N) is 1. The van der Waals surface area contributed by atoms with Gasteiger partial charge in [-0.2, -0.15) is 13.2 Å². The Balaban J connectivity index is 1.45. The molecule has 4 rings (SSSR count). The minimum atomic E-state index is -4.56. The zero-order valence-electron chi connectivity index (χ0n) is 21.6. The molecule has 2 amide bonds. The third-order valence-corrected chi connectivity index (χ3v) is 6.46. The SMILES string of the molecule is CC(C)(C)OC(=O)N1CCC(c2ccc(NC(=O)c3cc(C(F)(F)F)ccc3-c3ccccc3)cc2)CC1. The van der Waals surface area contributed by atoms with Crippen LogP contribution in [0.4, 0.5) is 23.7 Å². The number of hydrogen-bond donors (Lipinski definition) is 1. The first-order valence-corrected chi connectivity index (χ1v) is 12.6. The van der Waals surface area contributed by atoms with Gasteiger partial charge in [-0.15, -0.1) is 0 Å². The van der Waals surface area contributed by atoms with Crippen LogP contribution in [0.1, 0.15) is 61.0 Å². The van der Waals surface area contributed by atoms with Crippen LogP contribution < -0.4 is 5.32 Å². The summed E-state index contributed by atoms with van der Waals surface area (Å²) in [5, 5.41) is 2.75. The number of nitrogens with one attached hydrogen (secondary N) is 1. The molecular weight excluding hydrogens is 493 g/mol. The van der Waals surface area contributed by atoms with E-state index in [1.807, 2.05) is 32.9 Å². The van der Waals surface area contributed by atoms with Crippen LogP contribution >= 0.6 is 0 Å². The first-order valence-electron chi connectivity index (χ1n) is 12.6. The molecule has 1 fully saturated rings. The minimum Gasteiger partial charge on any atom is -0.444 e. The first kappa shape index (κ1) is 27.2. The molecule has 1 aliphatic heterocycles. The molecular formula is C30H31F3N2O3. The highest BCUT2D eigenvalue weighted by atomic mass is 19.4. The highest BCUT2D eigenvalue weighted by molar-refractivity contribution is 6.08. The van der Waals surface area contributed by atoms with E-state index >= 15 is 0 Å². The predicted molar refractivity (Wildman–Crippen MR) is 141 cm³/mol. The number of carbonyl (C=O) groups excluding carboxylic acids is 2. The minimum absolute atomic E-state index is 0.0513. The number of hydrogen-bond acceptors (Lipinski definition) is 3. The number of amides is 2. The lowest BCUT2D eigenvalue weighted by Gasteiger charge is -2.33. The number of alkyl halides is 3. The number of benzene rings is 3. The van der Waals surface area contributed by atoms with Crippen molar-refractivity contribution in [2.24, 2.45) is 0 Å². The van der Waals surface area contributed by atoms with Gasteiger partial charge in [-0.1, -0.05) is 48.5 Å². The Kier molecular flexibility index (Phi) is 7.81. The van der Waals surface area contributed by atoms with Gasteiger partial charge in [0.05, 0.1) is 5.56 Å². The molecule has 0 spiro atoms. The van der Waals surface area contributed by atoms with Crippen LogP contribution in [-0.2, 0) is 10.9 Å². The molecule has 38 heavy (non-hydrogen) atoms. The lowest BCUT2D eigenvalue weighted by atomic mass is 9.89. The molecule has 1 N–H and O–H groups in total. The van der Waals surface area contributed by atoms with Crippen LogP contribution in [-0.4, -0.2) is 35.6 Å². The number of rotatable bonds is 4. The second-order valence-corrected chi connectivity index (χ2v) is 10.4. The summed E-state index contributed by atoms with van der Waals surface area (Å²) in [5.41, 5.74) is 1.17. The third-order valence-electron chi connectivity index (χ3n) is 6.46. The van der Waals surface area contributed by atoms with E-state index in [-0.39, 0.29) is 17.6 Å². The summed E-state index contributed by atoms with van der Waals surface area (Å²) >= 11 is 0. The zero-order chi connectivity index (χ0) is 27.5. The highest BCUT2D eigenvalue weighted by Crippen LogP contribution is 2.34. The first-order chi connectivity index (χ1) is 17.9. The molecule has 0 aliphatic carbocycles. The average Bonchev–Trinajstić information content (AvgIpc) is 2.88. The van der Waals surface area contributed by atoms with E-state index in [1.165, 1.54) is 6.07 Å². The Hall–Kier alpha value is -3.81. The molecule has 0 atom stereocenters. The molecule has 1 aliphatic rings. The molecule has 0 unspecified atom stereocenters. The van der Waals surface area contributed by atoms with Crippen molar-refractivity contribution in [2.45, 2.75) is 51.3 Å². The van der Waals surface area contributed by atoms with Crippen molar-refractivity contribution in [2.75, 3.05) is 18.4 Å². The summed E-state index contributed by atoms with van der Waals surface area (Å²) in [6, 6.07) is 19.4. The van der Waals surface area contributed by atoms with Crippen LogP contribution in [0.2, 0.25) is 0 Å². The molecule has 1 heterocycles. The van der Waals surface area contributed by atoms with Gasteiger partial charge in [0.2, 0.25) is 0 Å². The summed E-state index contributed by atoms with van der Waals surface area (Å²) in [6.45, 7) is 6.71. The van der Waals surface area contributed by atoms with E-state index in [1.54, 1.807) is 47.4 Å². The number of halogens is 3. The molecule has 0 bridgehead atoms. The van der Waals surface area contributed by atoms with Gasteiger partial charge < -0.3 is 15.0 Å². The fourth-order valence-electron chi connectivity index (χ4n) is 4.54. The van der Waals surface area contributed by atoms with Gasteiger partial charge in [-0.3, -0.25) is 4.79 Å². The van der Waals surface area contributed by atoms with Gasteiger partial charge in [0, 0.05) is 24.3 Å². The van der Waals surface area contributed by atoms with E-state index in [4.69, 9.17) is 4.74 Å². The summed E-state index contributed by atoms with van der Waals surface area (Å²) in [5.74, 6) is -0.361. The van der Waals surface area contributed by atoms with Crippen molar-refractivity contribution in [1.29, 1.82) is 0 Å². The molecule has 3 aromatic carbocycles. The van der Waals surface area contributed by atoms with E-state index < -0.39 is 23.2 Å². The molecule has 1 saturated heterocycles. The Morgan fingerprint density at radius 2 is 1.53 bits per heavy atom. The van der Waals surface area contributed by atoms with Gasteiger partial charge in [-0.25, -0.2) is 4.79 Å². The van der Waals surface area contributed by atoms with E-state index in [0.29, 0.717) is 29.9 Å². The quantitative estimate of drug-likeness (QED) is 0.380. The number of piperidine rings is 1. The standard InChI is InChI=1S/C30H31F3N2O3/c1-29(2,3)38-28(37)35-17-15-21(16-18-35)20-9-12-24(13-10-20)34-27(36)26-19-23(30(31,32)33)11-14-25(26)22-7-5-4-6-8-22/h4-14,19,21H,15-18H2,1-3H3,(H,34,36). The topological polar surface area (TPSA) is 58.6 Å². The van der Waals surface area contributed by atoms with Crippen molar-refractivity contribution < 1.29 is 27.5 Å². The van der Waals surface area contributed by atoms with Gasteiger partial charge in [0.1, 0.15) is 5.60 Å². The van der Waals surface area contributed by atoms with Gasteiger partial charge in [0.25, 0.3) is 5.91 Å². The van der Waals surface area contributed by atoms with Crippen LogP contribution in [0.15, 0.2) is 72.8 Å². The average molecular weight is 525 g/mol. The molecule has 200 valence electrons. The Morgan fingerprint density at radius 1 is 0.895 bits per heavy atom. The van der Waals surface area contributed by atoms with Gasteiger partial charge in [-0.05, 0) is 80.5 Å². The van der Waals surface area contributed by atoms with E-state index in [0.717, 1.165) is 30.5 Å². The van der Waals surface area contributed by atoms with Crippen LogP contribution in [0.5, 0.6) is 0 Å². The maximum Gasteiger partial charge on any atom is 0.416 e. The largest absolute Gasteiger partial charge is 0.444 e. The summed E-state index contributed by atoms with van der Waals surface area (Å²) in [7, 11) is 0. The number of ether oxygens (including phenoxy) is 1. The summed E-state index contributed by atoms with van der Waals surface area (Å²) in [6.07, 6.45) is -3.30. The lowest BCUT2D eigenvalue weighted by Crippen LogP contribution is -2.41. The molecule has 3 aromatic rings. The Morgan fingerprint density at radius 3 is 2.11 bits per heavy atom. The molecule has 0 aromatic heterocycles. The van der Waals surface area contributed by atoms with Crippen LogP contribution in [0, 0.1) is 0 Å². The van der Waals surface area contributed by atoms with Crippen LogP contribution in [0.25, 0.3) is 11.1 Å². The number of likely N-dealkylation sites (tertiary alicyclic amines) is 1. The second-order valence-electron chi connectivity index (χ2n) is 10.4. The van der Waals surface area contributed by atoms with Crippen molar-refractivity contribution in [3.63, 3.8) is 0 Å². The smallest absolute Gasteiger partial charge is 0.416 e. The molecule has 8 heteroatoms. The summed E-state index contributed by atoms with van der Waals surface area (Å²) in [4.78, 5) is 27.2. The lowest BCUT2D eigenvalue weighted by molar-refractivity contribution is -0.137. The molecule has 0 saturated carbocycles. The Bertz CT molecular complexity index is 1270. The normalized spacial score (nSPS) is 14.7. The maximum atomic E-state index is 13.4. The maximum absolute atomic E-state index is 13.4. The monoisotopic (exact) mass is 524 g/mol. The molecule has 5 nitrogen and oxygen atoms in total. The fraction of sp³-hybridized carbons (Fsp3) is 0.333. The van der Waals surface area contributed by atoms with Crippen molar-refractivity contribution in [3.8, 4) is 11.1 Å². The van der Waals surface area contributed by atoms with E-state index in [2.05, 4.69) is 5.32 Å². The zero-order valence-corrected chi connectivity index (χ0v) is 21.6. The van der Waals surface area contributed by atoms with Crippen molar-refractivity contribution >= 4 is 17.7 Å². The third kappa shape index (κ3) is 6.73. The van der Waals surface area contributed by atoms with E-state index in [9.17, 15) is 22.8 Å². The van der Waals surface area contributed by atoms with Crippen molar-refractivity contribution in [3.05, 3.63) is 89.5 Å². The predicted octanol–water partition coefficient (Wildman–Crippen LogP) is 7.74. The van der Waals surface area contributed by atoms with Crippen LogP contribution in [0.3, 0.4) is 0 Å². The summed E-state index contributed by atoms with van der Waals surface area (Å²) < 4.78 is 45.6. The second kappa shape index (κ2) is 10.9. The number of anilines is 1. The number of carbonyl (C=O) groups is 2. The Labute approximate surface area is 220 Å². The highest BCUT2D eigenvalue weighted by Gasteiger charge is 2.32. The molecule has 0 radical (unpaired) electrons. The van der Waals surface area contributed by atoms with Crippen molar-refractivity contribution in [1.82, 2.24) is 4.90 Å². The van der Waals surface area contributed by atoms with Gasteiger partial charge in [0.15, 0.2) is 0 Å².